The van der Waals surface area contributed by atoms with Crippen molar-refractivity contribution < 1.29 is 9.15 Å². The summed E-state index contributed by atoms with van der Waals surface area (Å²) >= 11 is 0. The zero-order valence-corrected chi connectivity index (χ0v) is 11.5. The van der Waals surface area contributed by atoms with Crippen LogP contribution in [-0.4, -0.2) is 22.3 Å². The largest absolute Gasteiger partial charge is 0.481 e. The van der Waals surface area contributed by atoms with Crippen molar-refractivity contribution >= 4 is 5.69 Å². The molecule has 0 amide bonds. The number of anilines is 1. The van der Waals surface area contributed by atoms with E-state index in [2.05, 4.69) is 20.5 Å². The lowest BCUT2D eigenvalue weighted by molar-refractivity contribution is 0.397. The summed E-state index contributed by atoms with van der Waals surface area (Å²) in [7, 11) is 1.60. The third kappa shape index (κ3) is 3.17. The minimum Gasteiger partial charge on any atom is -0.481 e. The van der Waals surface area contributed by atoms with E-state index < -0.39 is 0 Å². The van der Waals surface area contributed by atoms with Gasteiger partial charge >= 0.3 is 0 Å². The fourth-order valence-electron chi connectivity index (χ4n) is 1.87. The van der Waals surface area contributed by atoms with E-state index in [9.17, 15) is 0 Å². The second-order valence-electron chi connectivity index (χ2n) is 4.38. The average molecular weight is 282 g/mol. The number of pyridine rings is 1. The van der Waals surface area contributed by atoms with Gasteiger partial charge in [-0.3, -0.25) is 0 Å². The van der Waals surface area contributed by atoms with E-state index in [0.717, 1.165) is 16.8 Å². The maximum absolute atomic E-state index is 5.15. The van der Waals surface area contributed by atoms with E-state index in [0.29, 0.717) is 18.3 Å². The lowest BCUT2D eigenvalue weighted by Crippen LogP contribution is -2.00. The van der Waals surface area contributed by atoms with Crippen LogP contribution in [0.25, 0.3) is 11.5 Å². The lowest BCUT2D eigenvalue weighted by Gasteiger charge is -2.07. The SMILES string of the molecule is COc1ccc(CNc2ccc(-c3nnco3)cc2)cn1. The Bertz CT molecular complexity index is 679. The van der Waals surface area contributed by atoms with Crippen LogP contribution in [0.4, 0.5) is 5.69 Å². The van der Waals surface area contributed by atoms with E-state index in [1.165, 1.54) is 6.39 Å². The van der Waals surface area contributed by atoms with Crippen LogP contribution in [0.2, 0.25) is 0 Å². The smallest absolute Gasteiger partial charge is 0.247 e. The first-order valence-electron chi connectivity index (χ1n) is 6.44. The molecule has 0 aliphatic carbocycles. The molecule has 0 saturated carbocycles. The Morgan fingerprint density at radius 2 is 2.00 bits per heavy atom. The summed E-state index contributed by atoms with van der Waals surface area (Å²) in [6, 6.07) is 11.6. The molecule has 0 atom stereocenters. The Balaban J connectivity index is 1.62. The van der Waals surface area contributed by atoms with Crippen LogP contribution in [0.3, 0.4) is 0 Å². The Labute approximate surface area is 121 Å². The molecule has 0 spiro atoms. The first-order valence-corrected chi connectivity index (χ1v) is 6.44. The number of hydrogen-bond acceptors (Lipinski definition) is 6. The number of rotatable bonds is 5. The summed E-state index contributed by atoms with van der Waals surface area (Å²) < 4.78 is 10.2. The van der Waals surface area contributed by atoms with Gasteiger partial charge in [0.2, 0.25) is 18.2 Å². The van der Waals surface area contributed by atoms with E-state index in [4.69, 9.17) is 9.15 Å². The molecule has 0 aliphatic heterocycles. The molecule has 6 nitrogen and oxygen atoms in total. The van der Waals surface area contributed by atoms with Crippen LogP contribution >= 0.6 is 0 Å². The third-order valence-corrected chi connectivity index (χ3v) is 3.00. The second-order valence-corrected chi connectivity index (χ2v) is 4.38. The van der Waals surface area contributed by atoms with E-state index >= 15 is 0 Å². The number of methoxy groups -OCH3 is 1. The van der Waals surface area contributed by atoms with Crippen molar-refractivity contribution in [3.05, 3.63) is 54.6 Å². The van der Waals surface area contributed by atoms with Crippen molar-refractivity contribution in [1.82, 2.24) is 15.2 Å². The van der Waals surface area contributed by atoms with Gasteiger partial charge < -0.3 is 14.5 Å². The van der Waals surface area contributed by atoms with Gasteiger partial charge in [-0.1, -0.05) is 6.07 Å². The van der Waals surface area contributed by atoms with Crippen molar-refractivity contribution in [2.45, 2.75) is 6.54 Å². The van der Waals surface area contributed by atoms with Crippen molar-refractivity contribution in [1.29, 1.82) is 0 Å². The number of benzene rings is 1. The summed E-state index contributed by atoms with van der Waals surface area (Å²) in [6.45, 7) is 0.691. The molecule has 0 unspecified atom stereocenters. The predicted molar refractivity (Wildman–Crippen MR) is 77.8 cm³/mol. The number of hydrogen-bond donors (Lipinski definition) is 1. The van der Waals surface area contributed by atoms with Crippen LogP contribution in [0, 0.1) is 0 Å². The molecule has 3 rings (SSSR count). The van der Waals surface area contributed by atoms with Gasteiger partial charge in [0.15, 0.2) is 0 Å². The van der Waals surface area contributed by atoms with Crippen molar-refractivity contribution in [2.24, 2.45) is 0 Å². The van der Waals surface area contributed by atoms with Gasteiger partial charge in [-0.15, -0.1) is 10.2 Å². The number of ether oxygens (including phenoxy) is 1. The third-order valence-electron chi connectivity index (χ3n) is 3.00. The zero-order chi connectivity index (χ0) is 14.5. The van der Waals surface area contributed by atoms with Gasteiger partial charge in [-0.2, -0.15) is 0 Å². The Hall–Kier alpha value is -2.89. The monoisotopic (exact) mass is 282 g/mol. The van der Waals surface area contributed by atoms with Crippen LogP contribution in [0.5, 0.6) is 5.88 Å². The lowest BCUT2D eigenvalue weighted by atomic mass is 10.2. The summed E-state index contributed by atoms with van der Waals surface area (Å²) in [6.07, 6.45) is 3.11. The molecule has 0 radical (unpaired) electrons. The van der Waals surface area contributed by atoms with Crippen LogP contribution in [0.1, 0.15) is 5.56 Å². The number of aromatic nitrogens is 3. The quantitative estimate of drug-likeness (QED) is 0.775. The van der Waals surface area contributed by atoms with Gasteiger partial charge in [0.05, 0.1) is 7.11 Å². The normalized spacial score (nSPS) is 10.3. The molecule has 0 fully saturated rings. The summed E-state index contributed by atoms with van der Waals surface area (Å²) in [5.41, 5.74) is 2.98. The van der Waals surface area contributed by atoms with E-state index in [-0.39, 0.29) is 0 Å². The molecular formula is C15H14N4O2. The highest BCUT2D eigenvalue weighted by Gasteiger charge is 2.03. The summed E-state index contributed by atoms with van der Waals surface area (Å²) in [5.74, 6) is 1.13. The molecular weight excluding hydrogens is 268 g/mol. The Morgan fingerprint density at radius 3 is 2.62 bits per heavy atom. The molecule has 1 aromatic carbocycles. The highest BCUT2D eigenvalue weighted by molar-refractivity contribution is 5.58. The van der Waals surface area contributed by atoms with Crippen LogP contribution in [0.15, 0.2) is 53.4 Å². The predicted octanol–water partition coefficient (Wildman–Crippen LogP) is 2.75. The second kappa shape index (κ2) is 6.04. The molecule has 0 saturated heterocycles. The average Bonchev–Trinajstić information content (AvgIpc) is 3.08. The molecule has 21 heavy (non-hydrogen) atoms. The van der Waals surface area contributed by atoms with Crippen molar-refractivity contribution in [2.75, 3.05) is 12.4 Å². The molecule has 2 heterocycles. The van der Waals surface area contributed by atoms with Gasteiger partial charge in [-0.25, -0.2) is 4.98 Å². The summed E-state index contributed by atoms with van der Waals surface area (Å²) in [5, 5.41) is 10.9. The van der Waals surface area contributed by atoms with E-state index in [1.807, 2.05) is 36.4 Å². The fraction of sp³-hybridized carbons (Fsp3) is 0.133. The Kier molecular flexibility index (Phi) is 3.77. The van der Waals surface area contributed by atoms with Crippen molar-refractivity contribution in [3.8, 4) is 17.3 Å². The van der Waals surface area contributed by atoms with Crippen LogP contribution in [-0.2, 0) is 6.54 Å². The van der Waals surface area contributed by atoms with Gasteiger partial charge in [0.25, 0.3) is 0 Å². The molecule has 0 aliphatic rings. The fourth-order valence-corrected chi connectivity index (χ4v) is 1.87. The topological polar surface area (TPSA) is 73.1 Å². The first-order chi connectivity index (χ1) is 10.3. The minimum atomic E-state index is 0.515. The maximum atomic E-state index is 5.15. The highest BCUT2D eigenvalue weighted by atomic mass is 16.5. The molecule has 1 N–H and O–H groups in total. The first kappa shape index (κ1) is 13.1. The van der Waals surface area contributed by atoms with Crippen LogP contribution < -0.4 is 10.1 Å². The number of nitrogens with one attached hydrogen (secondary N) is 1. The molecule has 106 valence electrons. The van der Waals surface area contributed by atoms with Gasteiger partial charge in [-0.05, 0) is 29.8 Å². The molecule has 2 aromatic heterocycles. The minimum absolute atomic E-state index is 0.515. The van der Waals surface area contributed by atoms with Gasteiger partial charge in [0, 0.05) is 30.1 Å². The van der Waals surface area contributed by atoms with E-state index in [1.54, 1.807) is 13.3 Å². The van der Waals surface area contributed by atoms with Gasteiger partial charge in [0.1, 0.15) is 0 Å². The molecule has 0 bridgehead atoms. The zero-order valence-electron chi connectivity index (χ0n) is 11.5. The maximum Gasteiger partial charge on any atom is 0.247 e. The number of nitrogens with zero attached hydrogens (tertiary/aromatic N) is 3. The molecule has 3 aromatic rings. The molecule has 6 heteroatoms. The highest BCUT2D eigenvalue weighted by Crippen LogP contribution is 2.19. The Morgan fingerprint density at radius 1 is 1.14 bits per heavy atom. The summed E-state index contributed by atoms with van der Waals surface area (Å²) in [4.78, 5) is 4.17. The standard InChI is InChI=1S/C15H14N4O2/c1-20-14-7-2-11(9-17-14)8-16-13-5-3-12(4-6-13)15-19-18-10-21-15/h2-7,9-10,16H,8H2,1H3. The van der Waals surface area contributed by atoms with Crippen molar-refractivity contribution in [3.63, 3.8) is 0 Å².